The van der Waals surface area contributed by atoms with Crippen LogP contribution in [0.3, 0.4) is 0 Å². The number of nitrogens with one attached hydrogen (secondary N) is 1. The minimum absolute atomic E-state index is 0.174. The van der Waals surface area contributed by atoms with Crippen LogP contribution in [0.2, 0.25) is 5.02 Å². The fourth-order valence-corrected chi connectivity index (χ4v) is 1.64. The van der Waals surface area contributed by atoms with Crippen molar-refractivity contribution in [3.05, 3.63) is 34.9 Å². The first-order chi connectivity index (χ1) is 8.41. The highest BCUT2D eigenvalue weighted by molar-refractivity contribution is 6.31. The maximum absolute atomic E-state index is 11.5. The molecule has 0 aliphatic rings. The third-order valence-corrected chi connectivity index (χ3v) is 2.89. The molecule has 4 nitrogen and oxygen atoms in total. The smallest absolute Gasteiger partial charge is 0.326 e. The van der Waals surface area contributed by atoms with E-state index in [-0.39, 0.29) is 18.2 Å². The van der Waals surface area contributed by atoms with E-state index < -0.39 is 12.0 Å². The molecular formula is C13H16ClNO3. The lowest BCUT2D eigenvalue weighted by Crippen LogP contribution is -2.44. The molecule has 0 aliphatic heterocycles. The summed E-state index contributed by atoms with van der Waals surface area (Å²) in [6.45, 7) is 3.42. The van der Waals surface area contributed by atoms with Crippen LogP contribution in [0.25, 0.3) is 0 Å². The van der Waals surface area contributed by atoms with Gasteiger partial charge in [0.15, 0.2) is 0 Å². The molecule has 1 aromatic carbocycles. The van der Waals surface area contributed by atoms with E-state index in [0.29, 0.717) is 10.6 Å². The number of hydrogen-bond donors (Lipinski definition) is 2. The fourth-order valence-electron chi connectivity index (χ4n) is 1.42. The van der Waals surface area contributed by atoms with Gasteiger partial charge in [-0.05, 0) is 11.6 Å². The van der Waals surface area contributed by atoms with Crippen LogP contribution in [-0.4, -0.2) is 23.0 Å². The van der Waals surface area contributed by atoms with E-state index in [1.54, 1.807) is 38.1 Å². The molecule has 0 aliphatic carbocycles. The number of hydrogen-bond acceptors (Lipinski definition) is 2. The zero-order chi connectivity index (χ0) is 13.7. The van der Waals surface area contributed by atoms with E-state index in [2.05, 4.69) is 5.32 Å². The lowest BCUT2D eigenvalue weighted by atomic mass is 10.0. The second kappa shape index (κ2) is 6.40. The quantitative estimate of drug-likeness (QED) is 0.860. The fraction of sp³-hybridized carbons (Fsp3) is 0.385. The first kappa shape index (κ1) is 14.5. The summed E-state index contributed by atoms with van der Waals surface area (Å²) in [5.41, 5.74) is 0.704. The Morgan fingerprint density at radius 1 is 1.33 bits per heavy atom. The second-order valence-electron chi connectivity index (χ2n) is 4.35. The maximum Gasteiger partial charge on any atom is 0.326 e. The molecule has 1 aromatic rings. The number of amides is 1. The van der Waals surface area contributed by atoms with Crippen LogP contribution >= 0.6 is 11.6 Å². The molecule has 98 valence electrons. The molecule has 2 N–H and O–H groups in total. The van der Waals surface area contributed by atoms with Crippen molar-refractivity contribution in [3.8, 4) is 0 Å². The Bertz CT molecular complexity index is 446. The molecule has 1 unspecified atom stereocenters. The molecule has 0 bridgehead atoms. The summed E-state index contributed by atoms with van der Waals surface area (Å²) in [7, 11) is 0. The number of carboxylic acid groups (broad SMARTS) is 1. The van der Waals surface area contributed by atoms with E-state index in [9.17, 15) is 9.59 Å². The highest BCUT2D eigenvalue weighted by Crippen LogP contribution is 2.16. The topological polar surface area (TPSA) is 66.4 Å². The van der Waals surface area contributed by atoms with Crippen LogP contribution in [0.5, 0.6) is 0 Å². The monoisotopic (exact) mass is 269 g/mol. The molecule has 0 heterocycles. The SMILES string of the molecule is CC(C)C(=O)NC(Cc1ccccc1Cl)C(=O)O. The zero-order valence-electron chi connectivity index (χ0n) is 10.3. The van der Waals surface area contributed by atoms with E-state index in [1.807, 2.05) is 0 Å². The van der Waals surface area contributed by atoms with Crippen molar-refractivity contribution in [3.63, 3.8) is 0 Å². The van der Waals surface area contributed by atoms with Gasteiger partial charge in [-0.25, -0.2) is 4.79 Å². The molecule has 18 heavy (non-hydrogen) atoms. The number of halogens is 1. The molecule has 0 radical (unpaired) electrons. The number of carbonyl (C=O) groups excluding carboxylic acids is 1. The van der Waals surface area contributed by atoms with Gasteiger partial charge in [0.05, 0.1) is 0 Å². The van der Waals surface area contributed by atoms with E-state index in [1.165, 1.54) is 0 Å². The third kappa shape index (κ3) is 4.04. The Hall–Kier alpha value is -1.55. The van der Waals surface area contributed by atoms with Crippen LogP contribution in [0.4, 0.5) is 0 Å². The number of benzene rings is 1. The van der Waals surface area contributed by atoms with Gasteiger partial charge in [-0.3, -0.25) is 4.79 Å². The van der Waals surface area contributed by atoms with Crippen LogP contribution in [0.15, 0.2) is 24.3 Å². The van der Waals surface area contributed by atoms with E-state index >= 15 is 0 Å². The maximum atomic E-state index is 11.5. The Kier molecular flexibility index (Phi) is 5.16. The van der Waals surface area contributed by atoms with Gasteiger partial charge >= 0.3 is 5.97 Å². The summed E-state index contributed by atoms with van der Waals surface area (Å²) < 4.78 is 0. The molecule has 0 saturated heterocycles. The van der Waals surface area contributed by atoms with Gasteiger partial charge in [0, 0.05) is 17.4 Å². The van der Waals surface area contributed by atoms with Crippen molar-refractivity contribution in [2.45, 2.75) is 26.3 Å². The molecule has 0 aromatic heterocycles. The summed E-state index contributed by atoms with van der Waals surface area (Å²) in [5.74, 6) is -1.60. The number of aliphatic carboxylic acids is 1. The normalized spacial score (nSPS) is 12.2. The molecule has 1 atom stereocenters. The molecule has 5 heteroatoms. The van der Waals surface area contributed by atoms with Crippen LogP contribution in [0.1, 0.15) is 19.4 Å². The van der Waals surface area contributed by atoms with Gasteiger partial charge in [0.25, 0.3) is 0 Å². The lowest BCUT2D eigenvalue weighted by Gasteiger charge is -2.16. The summed E-state index contributed by atoms with van der Waals surface area (Å²) in [4.78, 5) is 22.6. The molecule has 1 amide bonds. The van der Waals surface area contributed by atoms with Gasteiger partial charge in [0.1, 0.15) is 6.04 Å². The highest BCUT2D eigenvalue weighted by atomic mass is 35.5. The first-order valence-corrected chi connectivity index (χ1v) is 6.06. The Balaban J connectivity index is 2.79. The predicted molar refractivity (Wildman–Crippen MR) is 69.6 cm³/mol. The first-order valence-electron chi connectivity index (χ1n) is 5.68. The Morgan fingerprint density at radius 2 is 1.94 bits per heavy atom. The number of carboxylic acids is 1. The largest absolute Gasteiger partial charge is 0.480 e. The van der Waals surface area contributed by atoms with Gasteiger partial charge in [-0.15, -0.1) is 0 Å². The van der Waals surface area contributed by atoms with E-state index in [0.717, 1.165) is 0 Å². The predicted octanol–water partition coefficient (Wildman–Crippen LogP) is 2.11. The average molecular weight is 270 g/mol. The number of rotatable bonds is 5. The second-order valence-corrected chi connectivity index (χ2v) is 4.76. The van der Waals surface area contributed by atoms with Crippen molar-refractivity contribution in [1.29, 1.82) is 0 Å². The average Bonchev–Trinajstić information content (AvgIpc) is 2.30. The minimum Gasteiger partial charge on any atom is -0.480 e. The molecular weight excluding hydrogens is 254 g/mol. The van der Waals surface area contributed by atoms with Crippen molar-refractivity contribution >= 4 is 23.5 Å². The molecule has 0 fully saturated rings. The standard InChI is InChI=1S/C13H16ClNO3/c1-8(2)12(16)15-11(13(17)18)7-9-5-3-4-6-10(9)14/h3-6,8,11H,7H2,1-2H3,(H,15,16)(H,17,18). The third-order valence-electron chi connectivity index (χ3n) is 2.52. The minimum atomic E-state index is -1.07. The zero-order valence-corrected chi connectivity index (χ0v) is 11.1. The van der Waals surface area contributed by atoms with Gasteiger partial charge < -0.3 is 10.4 Å². The van der Waals surface area contributed by atoms with Crippen LogP contribution < -0.4 is 5.32 Å². The Morgan fingerprint density at radius 3 is 2.44 bits per heavy atom. The van der Waals surface area contributed by atoms with Gasteiger partial charge in [0.2, 0.25) is 5.91 Å². The van der Waals surface area contributed by atoms with Crippen LogP contribution in [-0.2, 0) is 16.0 Å². The number of carbonyl (C=O) groups is 2. The summed E-state index contributed by atoms with van der Waals surface area (Å²) >= 11 is 5.97. The van der Waals surface area contributed by atoms with Crippen molar-refractivity contribution < 1.29 is 14.7 Å². The van der Waals surface area contributed by atoms with Gasteiger partial charge in [-0.1, -0.05) is 43.6 Å². The summed E-state index contributed by atoms with van der Waals surface area (Å²) in [5, 5.41) is 12.1. The highest BCUT2D eigenvalue weighted by Gasteiger charge is 2.22. The van der Waals surface area contributed by atoms with E-state index in [4.69, 9.17) is 16.7 Å². The van der Waals surface area contributed by atoms with Gasteiger partial charge in [-0.2, -0.15) is 0 Å². The summed E-state index contributed by atoms with van der Waals surface area (Å²) in [6.07, 6.45) is 0.174. The van der Waals surface area contributed by atoms with Crippen molar-refractivity contribution in [1.82, 2.24) is 5.32 Å². The van der Waals surface area contributed by atoms with Crippen LogP contribution in [0, 0.1) is 5.92 Å². The van der Waals surface area contributed by atoms with Crippen molar-refractivity contribution in [2.24, 2.45) is 5.92 Å². The lowest BCUT2D eigenvalue weighted by molar-refractivity contribution is -0.142. The summed E-state index contributed by atoms with van der Waals surface area (Å²) in [6, 6.07) is 6.04. The molecule has 0 saturated carbocycles. The Labute approximate surface area is 111 Å². The van der Waals surface area contributed by atoms with Crippen molar-refractivity contribution in [2.75, 3.05) is 0 Å². The molecule has 0 spiro atoms. The molecule has 1 rings (SSSR count).